The van der Waals surface area contributed by atoms with Gasteiger partial charge in [-0.15, -0.1) is 0 Å². The Morgan fingerprint density at radius 3 is 1.80 bits per heavy atom. The molecular formula is C2H5CdNS. The summed E-state index contributed by atoms with van der Waals surface area (Å²) in [4.78, 5) is 0.500. The van der Waals surface area contributed by atoms with Crippen LogP contribution in [0.25, 0.3) is 0 Å². The molecule has 1 nitrogen and oxygen atoms in total. The van der Waals surface area contributed by atoms with Crippen molar-refractivity contribution in [2.45, 2.75) is 6.92 Å². The van der Waals surface area contributed by atoms with Crippen molar-refractivity contribution >= 4 is 17.2 Å². The van der Waals surface area contributed by atoms with Gasteiger partial charge in [-0.2, -0.15) is 0 Å². The summed E-state index contributed by atoms with van der Waals surface area (Å²) in [6.07, 6.45) is 0. The van der Waals surface area contributed by atoms with Gasteiger partial charge in [0.2, 0.25) is 0 Å². The first-order valence-corrected chi connectivity index (χ1v) is 1.40. The van der Waals surface area contributed by atoms with E-state index in [0.29, 0.717) is 4.99 Å². The van der Waals surface area contributed by atoms with E-state index in [1.54, 1.807) is 6.92 Å². The molecule has 0 aliphatic rings. The maximum atomic E-state index is 4.84. The molecule has 5 heavy (non-hydrogen) atoms. The minimum Gasteiger partial charge on any atom is -0.394 e. The van der Waals surface area contributed by atoms with Gasteiger partial charge >= 0.3 is 0 Å². The van der Waals surface area contributed by atoms with Gasteiger partial charge in [0.05, 0.1) is 4.99 Å². The van der Waals surface area contributed by atoms with Gasteiger partial charge in [0.1, 0.15) is 0 Å². The normalized spacial score (nSPS) is 5.00. The molecule has 26 valence electrons. The van der Waals surface area contributed by atoms with Crippen LogP contribution in [-0.2, 0) is 27.3 Å². The fourth-order valence-corrected chi connectivity index (χ4v) is 0. The SMILES string of the molecule is CC(N)=S.[Cd]. The number of rotatable bonds is 0. The Hall–Kier alpha value is 0.812. The Morgan fingerprint density at radius 2 is 1.80 bits per heavy atom. The first-order valence-electron chi connectivity index (χ1n) is 0.993. The van der Waals surface area contributed by atoms with Crippen LogP contribution >= 0.6 is 12.2 Å². The van der Waals surface area contributed by atoms with Crippen LogP contribution < -0.4 is 5.73 Å². The van der Waals surface area contributed by atoms with E-state index in [2.05, 4.69) is 12.2 Å². The first-order chi connectivity index (χ1) is 1.73. The molecule has 0 amide bonds. The van der Waals surface area contributed by atoms with Gasteiger partial charge in [-0.1, -0.05) is 12.2 Å². The molecule has 0 aliphatic heterocycles. The summed E-state index contributed by atoms with van der Waals surface area (Å²) in [7, 11) is 0. The molecule has 0 fully saturated rings. The second-order valence-corrected chi connectivity index (χ2v) is 1.25. The Labute approximate surface area is 57.1 Å². The first kappa shape index (κ1) is 9.26. The number of hydrogen-bond donors (Lipinski definition) is 1. The molecule has 0 heterocycles. The Bertz CT molecular complexity index is 32.6. The van der Waals surface area contributed by atoms with Gasteiger partial charge in [0, 0.05) is 27.3 Å². The zero-order chi connectivity index (χ0) is 3.58. The van der Waals surface area contributed by atoms with Crippen LogP contribution in [0.2, 0.25) is 0 Å². The van der Waals surface area contributed by atoms with Crippen molar-refractivity contribution in [3.63, 3.8) is 0 Å². The van der Waals surface area contributed by atoms with E-state index >= 15 is 0 Å². The van der Waals surface area contributed by atoms with Crippen molar-refractivity contribution in [1.29, 1.82) is 0 Å². The van der Waals surface area contributed by atoms with Crippen LogP contribution in [0.4, 0.5) is 0 Å². The van der Waals surface area contributed by atoms with Crippen molar-refractivity contribution in [2.75, 3.05) is 0 Å². The van der Waals surface area contributed by atoms with Crippen LogP contribution in [0.1, 0.15) is 6.92 Å². The van der Waals surface area contributed by atoms with E-state index in [0.717, 1.165) is 0 Å². The number of nitrogens with two attached hydrogens (primary N) is 1. The Balaban J connectivity index is 0. The van der Waals surface area contributed by atoms with Crippen LogP contribution in [0.5, 0.6) is 0 Å². The molecule has 0 bridgehead atoms. The Kier molecular flexibility index (Phi) is 8.91. The maximum Gasteiger partial charge on any atom is 0.0695 e. The van der Waals surface area contributed by atoms with Gasteiger partial charge in [0.25, 0.3) is 0 Å². The third-order valence-electron chi connectivity index (χ3n) is 0. The summed E-state index contributed by atoms with van der Waals surface area (Å²) in [6, 6.07) is 0. The van der Waals surface area contributed by atoms with Crippen LogP contribution in [0, 0.1) is 0 Å². The second kappa shape index (κ2) is 4.81. The van der Waals surface area contributed by atoms with Crippen molar-refractivity contribution in [3.8, 4) is 0 Å². The van der Waals surface area contributed by atoms with E-state index < -0.39 is 0 Å². The summed E-state index contributed by atoms with van der Waals surface area (Å²) in [5, 5.41) is 0. The molecule has 0 saturated carbocycles. The van der Waals surface area contributed by atoms with E-state index in [9.17, 15) is 0 Å². The quantitative estimate of drug-likeness (QED) is 0.436. The molecule has 0 atom stereocenters. The number of thiocarbonyl (C=S) groups is 1. The summed E-state index contributed by atoms with van der Waals surface area (Å²) >= 11 is 4.31. The molecule has 2 N–H and O–H groups in total. The fraction of sp³-hybridized carbons (Fsp3) is 0.500. The standard InChI is InChI=1S/C2H5NS.Cd/c1-2(3)4;/h1H3,(H2,3,4);. The summed E-state index contributed by atoms with van der Waals surface area (Å²) in [5.41, 5.74) is 4.84. The molecule has 0 spiro atoms. The van der Waals surface area contributed by atoms with Crippen LogP contribution in [-0.4, -0.2) is 4.99 Å². The molecule has 0 aromatic rings. The molecule has 0 aromatic carbocycles. The zero-order valence-corrected chi connectivity index (χ0v) is 8.05. The molecule has 0 aliphatic carbocycles. The van der Waals surface area contributed by atoms with E-state index in [1.165, 1.54) is 0 Å². The van der Waals surface area contributed by atoms with E-state index in [-0.39, 0.29) is 27.3 Å². The summed E-state index contributed by atoms with van der Waals surface area (Å²) in [5.74, 6) is 0. The zero-order valence-electron chi connectivity index (χ0n) is 3.19. The van der Waals surface area contributed by atoms with Crippen molar-refractivity contribution < 1.29 is 27.3 Å². The molecular weight excluding hydrogens is 183 g/mol. The number of hydrogen-bond acceptors (Lipinski definition) is 1. The van der Waals surface area contributed by atoms with Crippen LogP contribution in [0.3, 0.4) is 0 Å². The average molecular weight is 188 g/mol. The largest absolute Gasteiger partial charge is 0.394 e. The maximum absolute atomic E-state index is 4.84. The predicted molar refractivity (Wildman–Crippen MR) is 22.5 cm³/mol. The molecule has 0 saturated heterocycles. The van der Waals surface area contributed by atoms with Gasteiger partial charge < -0.3 is 5.73 Å². The third kappa shape index (κ3) is 57.7. The topological polar surface area (TPSA) is 26.0 Å². The molecule has 0 aromatic heterocycles. The van der Waals surface area contributed by atoms with Gasteiger partial charge in [-0.3, -0.25) is 0 Å². The Morgan fingerprint density at radius 1 is 1.80 bits per heavy atom. The van der Waals surface area contributed by atoms with Gasteiger partial charge in [-0.25, -0.2) is 0 Å². The van der Waals surface area contributed by atoms with Crippen molar-refractivity contribution in [3.05, 3.63) is 0 Å². The second-order valence-electron chi connectivity index (χ2n) is 0.611. The van der Waals surface area contributed by atoms with E-state index in [4.69, 9.17) is 5.73 Å². The minimum absolute atomic E-state index is 0. The monoisotopic (exact) mass is 189 g/mol. The smallest absolute Gasteiger partial charge is 0.0695 e. The van der Waals surface area contributed by atoms with Crippen LogP contribution in [0.15, 0.2) is 0 Å². The fourth-order valence-electron chi connectivity index (χ4n) is 0. The van der Waals surface area contributed by atoms with Crippen molar-refractivity contribution in [2.24, 2.45) is 5.73 Å². The molecule has 0 unspecified atom stereocenters. The third-order valence-corrected chi connectivity index (χ3v) is 0. The van der Waals surface area contributed by atoms with Gasteiger partial charge in [-0.05, 0) is 6.92 Å². The van der Waals surface area contributed by atoms with E-state index in [1.807, 2.05) is 0 Å². The predicted octanol–water partition coefficient (Wildman–Crippen LogP) is 0.290. The molecule has 3 heteroatoms. The summed E-state index contributed by atoms with van der Waals surface area (Å²) < 4.78 is 0. The summed E-state index contributed by atoms with van der Waals surface area (Å²) in [6.45, 7) is 1.68. The minimum atomic E-state index is 0. The molecule has 0 radical (unpaired) electrons. The van der Waals surface area contributed by atoms with Gasteiger partial charge in [0.15, 0.2) is 0 Å². The molecule has 0 rings (SSSR count). The van der Waals surface area contributed by atoms with Crippen molar-refractivity contribution in [1.82, 2.24) is 0 Å². The average Bonchev–Trinajstić information content (AvgIpc) is 0.811.